The summed E-state index contributed by atoms with van der Waals surface area (Å²) in [5.41, 5.74) is 1.89. The van der Waals surface area contributed by atoms with Crippen LogP contribution in [0.3, 0.4) is 0 Å². The number of carbonyl (C=O) groups excluding carboxylic acids is 2. The Morgan fingerprint density at radius 1 is 1.22 bits per heavy atom. The minimum absolute atomic E-state index is 0.170. The van der Waals surface area contributed by atoms with Crippen molar-refractivity contribution in [2.45, 2.75) is 39.7 Å². The maximum absolute atomic E-state index is 12.0. The highest BCUT2D eigenvalue weighted by atomic mass is 16.2. The predicted octanol–water partition coefficient (Wildman–Crippen LogP) is 2.24. The third-order valence-electron chi connectivity index (χ3n) is 2.59. The molecule has 0 aliphatic carbocycles. The molecule has 0 radical (unpaired) electrons. The van der Waals surface area contributed by atoms with Gasteiger partial charge in [-0.05, 0) is 25.5 Å². The van der Waals surface area contributed by atoms with Crippen LogP contribution in [-0.2, 0) is 9.59 Å². The molecule has 1 aromatic carbocycles. The zero-order valence-electron chi connectivity index (χ0n) is 11.1. The fourth-order valence-corrected chi connectivity index (χ4v) is 1.67. The summed E-state index contributed by atoms with van der Waals surface area (Å²) in [6.45, 7) is 5.39. The molecule has 4 nitrogen and oxygen atoms in total. The fraction of sp³-hybridized carbons (Fsp3) is 0.429. The molecular formula is C14H20N2O2. The zero-order valence-corrected chi connectivity index (χ0v) is 11.1. The average Bonchev–Trinajstić information content (AvgIpc) is 2.31. The fourth-order valence-electron chi connectivity index (χ4n) is 1.67. The van der Waals surface area contributed by atoms with Gasteiger partial charge in [-0.2, -0.15) is 0 Å². The molecule has 2 N–H and O–H groups in total. The van der Waals surface area contributed by atoms with E-state index in [1.54, 1.807) is 0 Å². The molecule has 1 unspecified atom stereocenters. The first-order chi connectivity index (χ1) is 8.52. The number of hydrogen-bond donors (Lipinski definition) is 2. The Kier molecular flexibility index (Phi) is 5.36. The summed E-state index contributed by atoms with van der Waals surface area (Å²) in [6.07, 6.45) is 1.48. The van der Waals surface area contributed by atoms with Gasteiger partial charge in [0.25, 0.3) is 0 Å². The van der Waals surface area contributed by atoms with Crippen LogP contribution in [0.1, 0.15) is 32.3 Å². The Balaban J connectivity index is 2.65. The maximum Gasteiger partial charge on any atom is 0.246 e. The third-order valence-corrected chi connectivity index (χ3v) is 2.59. The van der Waals surface area contributed by atoms with E-state index in [0.717, 1.165) is 17.7 Å². The number of amides is 2. The van der Waals surface area contributed by atoms with Crippen molar-refractivity contribution in [2.75, 3.05) is 5.32 Å². The molecule has 2 amide bonds. The van der Waals surface area contributed by atoms with E-state index in [9.17, 15) is 9.59 Å². The lowest BCUT2D eigenvalue weighted by Gasteiger charge is -2.16. The lowest BCUT2D eigenvalue weighted by Crippen LogP contribution is -2.42. The molecule has 0 aliphatic heterocycles. The van der Waals surface area contributed by atoms with Crippen LogP contribution in [-0.4, -0.2) is 17.9 Å². The van der Waals surface area contributed by atoms with Crippen molar-refractivity contribution in [2.24, 2.45) is 0 Å². The van der Waals surface area contributed by atoms with Crippen LogP contribution in [0.5, 0.6) is 0 Å². The van der Waals surface area contributed by atoms with E-state index in [2.05, 4.69) is 10.6 Å². The molecule has 0 bridgehead atoms. The summed E-state index contributed by atoms with van der Waals surface area (Å²) >= 11 is 0. The van der Waals surface area contributed by atoms with Crippen molar-refractivity contribution < 1.29 is 9.59 Å². The molecule has 0 aromatic heterocycles. The average molecular weight is 248 g/mol. The van der Waals surface area contributed by atoms with Crippen LogP contribution in [0.25, 0.3) is 0 Å². The molecule has 1 aromatic rings. The van der Waals surface area contributed by atoms with Crippen molar-refractivity contribution in [3.8, 4) is 0 Å². The van der Waals surface area contributed by atoms with E-state index in [1.165, 1.54) is 6.92 Å². The van der Waals surface area contributed by atoms with Crippen LogP contribution in [0.4, 0.5) is 5.69 Å². The Bertz CT molecular complexity index is 412. The molecule has 1 atom stereocenters. The molecule has 0 saturated carbocycles. The van der Waals surface area contributed by atoms with Crippen molar-refractivity contribution in [3.05, 3.63) is 29.8 Å². The molecule has 1 rings (SSSR count). The Hall–Kier alpha value is -1.84. The van der Waals surface area contributed by atoms with Crippen molar-refractivity contribution in [3.63, 3.8) is 0 Å². The van der Waals surface area contributed by atoms with E-state index in [1.807, 2.05) is 38.1 Å². The highest BCUT2D eigenvalue weighted by Gasteiger charge is 2.18. The molecular weight excluding hydrogens is 228 g/mol. The Morgan fingerprint density at radius 3 is 2.33 bits per heavy atom. The van der Waals surface area contributed by atoms with E-state index in [-0.39, 0.29) is 11.8 Å². The minimum atomic E-state index is -0.464. The quantitative estimate of drug-likeness (QED) is 0.839. The summed E-state index contributed by atoms with van der Waals surface area (Å²) in [4.78, 5) is 23.0. The van der Waals surface area contributed by atoms with Crippen LogP contribution < -0.4 is 10.6 Å². The smallest absolute Gasteiger partial charge is 0.246 e. The first-order valence-electron chi connectivity index (χ1n) is 6.17. The van der Waals surface area contributed by atoms with Gasteiger partial charge in [0, 0.05) is 12.6 Å². The van der Waals surface area contributed by atoms with Crippen LogP contribution >= 0.6 is 0 Å². The van der Waals surface area contributed by atoms with Gasteiger partial charge in [0.1, 0.15) is 6.04 Å². The van der Waals surface area contributed by atoms with Crippen molar-refractivity contribution in [1.29, 1.82) is 0 Å². The second-order valence-electron chi connectivity index (χ2n) is 4.40. The van der Waals surface area contributed by atoms with Crippen molar-refractivity contribution >= 4 is 17.5 Å². The summed E-state index contributed by atoms with van der Waals surface area (Å²) in [6, 6.07) is 7.11. The predicted molar refractivity (Wildman–Crippen MR) is 72.3 cm³/mol. The topological polar surface area (TPSA) is 58.2 Å². The van der Waals surface area contributed by atoms with Gasteiger partial charge in [0.05, 0.1) is 0 Å². The number of hydrogen-bond acceptors (Lipinski definition) is 2. The van der Waals surface area contributed by atoms with E-state index < -0.39 is 6.04 Å². The molecule has 18 heavy (non-hydrogen) atoms. The first-order valence-corrected chi connectivity index (χ1v) is 6.17. The Morgan fingerprint density at radius 2 is 1.83 bits per heavy atom. The monoisotopic (exact) mass is 248 g/mol. The van der Waals surface area contributed by atoms with Gasteiger partial charge < -0.3 is 10.6 Å². The van der Waals surface area contributed by atoms with Gasteiger partial charge in [0.2, 0.25) is 11.8 Å². The minimum Gasteiger partial charge on any atom is -0.345 e. The summed E-state index contributed by atoms with van der Waals surface area (Å²) in [5, 5.41) is 5.47. The maximum atomic E-state index is 12.0. The Labute approximate surface area is 108 Å². The zero-order chi connectivity index (χ0) is 13.5. The molecule has 0 fully saturated rings. The molecule has 4 heteroatoms. The van der Waals surface area contributed by atoms with Gasteiger partial charge in [-0.25, -0.2) is 0 Å². The highest BCUT2D eigenvalue weighted by Crippen LogP contribution is 2.10. The lowest BCUT2D eigenvalue weighted by molar-refractivity contribution is -0.125. The van der Waals surface area contributed by atoms with Gasteiger partial charge in [-0.15, -0.1) is 0 Å². The summed E-state index contributed by atoms with van der Waals surface area (Å²) < 4.78 is 0. The second kappa shape index (κ2) is 6.79. The summed E-state index contributed by atoms with van der Waals surface area (Å²) in [7, 11) is 0. The van der Waals surface area contributed by atoms with Crippen LogP contribution in [0.2, 0.25) is 0 Å². The number of aryl methyl sites for hydroxylation is 1. The van der Waals surface area contributed by atoms with E-state index >= 15 is 0 Å². The second-order valence-corrected chi connectivity index (χ2v) is 4.40. The lowest BCUT2D eigenvalue weighted by atomic mass is 10.1. The highest BCUT2D eigenvalue weighted by molar-refractivity contribution is 5.96. The van der Waals surface area contributed by atoms with Crippen LogP contribution in [0, 0.1) is 6.92 Å². The first kappa shape index (κ1) is 14.2. The van der Waals surface area contributed by atoms with Gasteiger partial charge in [0.15, 0.2) is 0 Å². The molecule has 98 valence electrons. The summed E-state index contributed by atoms with van der Waals surface area (Å²) in [5.74, 6) is -0.358. The van der Waals surface area contributed by atoms with Gasteiger partial charge in [-0.1, -0.05) is 31.0 Å². The van der Waals surface area contributed by atoms with Crippen LogP contribution in [0.15, 0.2) is 24.3 Å². The van der Waals surface area contributed by atoms with E-state index in [0.29, 0.717) is 6.42 Å². The molecule has 0 spiro atoms. The normalized spacial score (nSPS) is 11.7. The number of carbonyl (C=O) groups is 2. The number of nitrogens with one attached hydrogen (secondary N) is 2. The third kappa shape index (κ3) is 4.57. The largest absolute Gasteiger partial charge is 0.345 e. The molecule has 0 aliphatic rings. The standard InChI is InChI=1S/C14H20N2O2/c1-4-5-13(15-11(3)17)14(18)16-12-8-6-10(2)7-9-12/h6-9,13H,4-5H2,1-3H3,(H,15,17)(H,16,18). The SMILES string of the molecule is CCCC(NC(C)=O)C(=O)Nc1ccc(C)cc1. The molecule has 0 saturated heterocycles. The number of anilines is 1. The van der Waals surface area contributed by atoms with Crippen molar-refractivity contribution in [1.82, 2.24) is 5.32 Å². The number of rotatable bonds is 5. The molecule has 0 heterocycles. The van der Waals surface area contributed by atoms with Gasteiger partial charge >= 0.3 is 0 Å². The number of benzene rings is 1. The van der Waals surface area contributed by atoms with Gasteiger partial charge in [-0.3, -0.25) is 9.59 Å². The van der Waals surface area contributed by atoms with E-state index in [4.69, 9.17) is 0 Å².